The lowest BCUT2D eigenvalue weighted by Crippen LogP contribution is -2.34. The number of ether oxygens (including phenoxy) is 2. The van der Waals surface area contributed by atoms with Gasteiger partial charge in [0.1, 0.15) is 18.1 Å². The van der Waals surface area contributed by atoms with Gasteiger partial charge in [-0.2, -0.15) is 0 Å². The molecule has 0 atom stereocenters. The predicted octanol–water partition coefficient (Wildman–Crippen LogP) is 5.10. The van der Waals surface area contributed by atoms with Crippen LogP contribution in [0, 0.1) is 0 Å². The average Bonchev–Trinajstić information content (AvgIpc) is 3.30. The molecule has 1 heterocycles. The molecule has 4 rings (SSSR count). The summed E-state index contributed by atoms with van der Waals surface area (Å²) in [4.78, 5) is 27.7. The topological polar surface area (TPSA) is 92.5 Å². The number of methoxy groups -OCH3 is 1. The third-order valence-electron chi connectivity index (χ3n) is 5.42. The van der Waals surface area contributed by atoms with Crippen LogP contribution in [0.25, 0.3) is 0 Å². The van der Waals surface area contributed by atoms with Crippen LogP contribution in [0.15, 0.2) is 91.1 Å². The van der Waals surface area contributed by atoms with Crippen molar-refractivity contribution in [3.8, 4) is 5.75 Å². The molecule has 4 aromatic rings. The molecule has 0 unspecified atom stereocenters. The van der Waals surface area contributed by atoms with Gasteiger partial charge in [0.15, 0.2) is 5.11 Å². The molecule has 0 bridgehead atoms. The fourth-order valence-corrected chi connectivity index (χ4v) is 3.78. The predicted molar refractivity (Wildman–Crippen MR) is 142 cm³/mol. The first-order chi connectivity index (χ1) is 17.5. The standard InChI is InChI=1S/C28H25N3O4S/c1-34-27(33)25-24(30-28(36)31-26(32)21-10-6-3-7-11-21)22(17-29-25)16-19-12-14-23(15-13-19)35-18-20-8-4-2-5-9-20/h2-15,17,29H,16,18H2,1H3,(H2,30,31,32,36). The quantitative estimate of drug-likeness (QED) is 0.231. The van der Waals surface area contributed by atoms with Gasteiger partial charge in [0.2, 0.25) is 0 Å². The Bertz CT molecular complexity index is 1340. The number of carbonyl (C=O) groups excluding carboxylic acids is 2. The van der Waals surface area contributed by atoms with Crippen molar-refractivity contribution in [1.82, 2.24) is 10.3 Å². The molecule has 7 nitrogen and oxygen atoms in total. The number of hydrogen-bond acceptors (Lipinski definition) is 5. The van der Waals surface area contributed by atoms with Crippen LogP contribution in [-0.4, -0.2) is 29.1 Å². The van der Waals surface area contributed by atoms with Crippen LogP contribution in [0.5, 0.6) is 5.75 Å². The van der Waals surface area contributed by atoms with Gasteiger partial charge in [0.05, 0.1) is 12.8 Å². The van der Waals surface area contributed by atoms with E-state index in [0.29, 0.717) is 24.3 Å². The highest BCUT2D eigenvalue weighted by Gasteiger charge is 2.20. The summed E-state index contributed by atoms with van der Waals surface area (Å²) in [6.07, 6.45) is 2.22. The number of H-pyrrole nitrogens is 1. The first kappa shape index (κ1) is 24.7. The Balaban J connectivity index is 1.45. The van der Waals surface area contributed by atoms with Gasteiger partial charge in [-0.05, 0) is 53.2 Å². The molecule has 36 heavy (non-hydrogen) atoms. The van der Waals surface area contributed by atoms with E-state index < -0.39 is 5.97 Å². The minimum absolute atomic E-state index is 0.0690. The molecular formula is C28H25N3O4S. The lowest BCUT2D eigenvalue weighted by Gasteiger charge is -2.12. The zero-order valence-electron chi connectivity index (χ0n) is 19.6. The van der Waals surface area contributed by atoms with Crippen LogP contribution in [0.1, 0.15) is 37.5 Å². The van der Waals surface area contributed by atoms with Crippen molar-refractivity contribution in [3.63, 3.8) is 0 Å². The summed E-state index contributed by atoms with van der Waals surface area (Å²) in [5.41, 5.74) is 4.01. The number of benzene rings is 3. The molecule has 8 heteroatoms. The molecule has 0 saturated heterocycles. The lowest BCUT2D eigenvalue weighted by atomic mass is 10.1. The van der Waals surface area contributed by atoms with E-state index in [0.717, 1.165) is 22.4 Å². The number of aromatic amines is 1. The smallest absolute Gasteiger partial charge is 0.356 e. The van der Waals surface area contributed by atoms with Gasteiger partial charge in [-0.25, -0.2) is 4.79 Å². The van der Waals surface area contributed by atoms with Gasteiger partial charge in [-0.3, -0.25) is 10.1 Å². The maximum Gasteiger partial charge on any atom is 0.356 e. The van der Waals surface area contributed by atoms with Crippen LogP contribution >= 0.6 is 12.2 Å². The summed E-state index contributed by atoms with van der Waals surface area (Å²) in [6.45, 7) is 0.487. The van der Waals surface area contributed by atoms with Crippen molar-refractivity contribution in [3.05, 3.63) is 119 Å². The van der Waals surface area contributed by atoms with Crippen LogP contribution in [-0.2, 0) is 17.8 Å². The summed E-state index contributed by atoms with van der Waals surface area (Å²) < 4.78 is 10.8. The van der Waals surface area contributed by atoms with E-state index in [1.165, 1.54) is 7.11 Å². The van der Waals surface area contributed by atoms with E-state index in [1.54, 1.807) is 30.5 Å². The lowest BCUT2D eigenvalue weighted by molar-refractivity contribution is 0.0596. The fraction of sp³-hybridized carbons (Fsp3) is 0.107. The molecule has 1 aromatic heterocycles. The van der Waals surface area contributed by atoms with E-state index in [9.17, 15) is 9.59 Å². The maximum absolute atomic E-state index is 12.5. The largest absolute Gasteiger partial charge is 0.489 e. The number of amides is 1. The highest BCUT2D eigenvalue weighted by molar-refractivity contribution is 7.80. The van der Waals surface area contributed by atoms with Crippen molar-refractivity contribution in [1.29, 1.82) is 0 Å². The van der Waals surface area contributed by atoms with Gasteiger partial charge in [-0.15, -0.1) is 0 Å². The number of carbonyl (C=O) groups is 2. The van der Waals surface area contributed by atoms with Gasteiger partial charge in [0, 0.05) is 18.2 Å². The summed E-state index contributed by atoms with van der Waals surface area (Å²) in [6, 6.07) is 26.4. The molecule has 3 N–H and O–H groups in total. The molecule has 0 spiro atoms. The van der Waals surface area contributed by atoms with Gasteiger partial charge in [-0.1, -0.05) is 60.7 Å². The second-order valence-corrected chi connectivity index (χ2v) is 8.33. The van der Waals surface area contributed by atoms with Crippen molar-refractivity contribution in [2.24, 2.45) is 0 Å². The third-order valence-corrected chi connectivity index (χ3v) is 5.62. The number of aromatic nitrogens is 1. The Morgan fingerprint density at radius 3 is 2.22 bits per heavy atom. The van der Waals surface area contributed by atoms with Crippen molar-refractivity contribution in [2.45, 2.75) is 13.0 Å². The van der Waals surface area contributed by atoms with Gasteiger partial charge >= 0.3 is 5.97 Å². The SMILES string of the molecule is COC(=O)c1[nH]cc(Cc2ccc(OCc3ccccc3)cc2)c1NC(=S)NC(=O)c1ccccc1. The van der Waals surface area contributed by atoms with E-state index in [1.807, 2.05) is 60.7 Å². The van der Waals surface area contributed by atoms with Crippen molar-refractivity contribution in [2.75, 3.05) is 12.4 Å². The summed E-state index contributed by atoms with van der Waals surface area (Å²) in [5, 5.41) is 5.70. The number of nitrogens with one attached hydrogen (secondary N) is 3. The van der Waals surface area contributed by atoms with Crippen LogP contribution < -0.4 is 15.4 Å². The summed E-state index contributed by atoms with van der Waals surface area (Å²) >= 11 is 5.35. The molecule has 0 radical (unpaired) electrons. The zero-order chi connectivity index (χ0) is 25.3. The molecule has 0 fully saturated rings. The molecule has 0 aliphatic carbocycles. The fourth-order valence-electron chi connectivity index (χ4n) is 3.58. The molecule has 1 amide bonds. The first-order valence-electron chi connectivity index (χ1n) is 11.2. The van der Waals surface area contributed by atoms with Gasteiger partial charge in [0.25, 0.3) is 5.91 Å². The number of hydrogen-bond donors (Lipinski definition) is 3. The number of anilines is 1. The Kier molecular flexibility index (Phi) is 8.10. The Morgan fingerprint density at radius 1 is 0.889 bits per heavy atom. The van der Waals surface area contributed by atoms with E-state index >= 15 is 0 Å². The van der Waals surface area contributed by atoms with E-state index in [-0.39, 0.29) is 16.7 Å². The molecule has 0 aliphatic heterocycles. The Morgan fingerprint density at radius 2 is 1.56 bits per heavy atom. The number of esters is 1. The van der Waals surface area contributed by atoms with Crippen LogP contribution in [0.4, 0.5) is 5.69 Å². The molecular weight excluding hydrogens is 474 g/mol. The molecule has 182 valence electrons. The van der Waals surface area contributed by atoms with Gasteiger partial charge < -0.3 is 19.8 Å². The zero-order valence-corrected chi connectivity index (χ0v) is 20.4. The maximum atomic E-state index is 12.5. The number of thiocarbonyl (C=S) groups is 1. The Labute approximate surface area is 214 Å². The second kappa shape index (κ2) is 11.8. The van der Waals surface area contributed by atoms with Crippen LogP contribution in [0.2, 0.25) is 0 Å². The van der Waals surface area contributed by atoms with E-state index in [4.69, 9.17) is 21.7 Å². The van der Waals surface area contributed by atoms with E-state index in [2.05, 4.69) is 15.6 Å². The normalized spacial score (nSPS) is 10.4. The highest BCUT2D eigenvalue weighted by atomic mass is 32.1. The summed E-state index contributed by atoms with van der Waals surface area (Å²) in [5.74, 6) is -0.142. The third kappa shape index (κ3) is 6.37. The summed E-state index contributed by atoms with van der Waals surface area (Å²) in [7, 11) is 1.30. The second-order valence-electron chi connectivity index (χ2n) is 7.92. The average molecular weight is 500 g/mol. The monoisotopic (exact) mass is 499 g/mol. The van der Waals surface area contributed by atoms with Crippen molar-refractivity contribution >= 4 is 34.9 Å². The Hall–Kier alpha value is -4.43. The molecule has 0 aliphatic rings. The number of rotatable bonds is 8. The van der Waals surface area contributed by atoms with Crippen LogP contribution in [0.3, 0.4) is 0 Å². The molecule has 0 saturated carbocycles. The minimum atomic E-state index is -0.550. The van der Waals surface area contributed by atoms with Crippen molar-refractivity contribution < 1.29 is 19.1 Å². The highest BCUT2D eigenvalue weighted by Crippen LogP contribution is 2.25. The molecule has 3 aromatic carbocycles. The minimum Gasteiger partial charge on any atom is -0.489 e. The first-order valence-corrected chi connectivity index (χ1v) is 11.7.